The summed E-state index contributed by atoms with van der Waals surface area (Å²) in [6.45, 7) is 19.8. The Morgan fingerprint density at radius 3 is 1.84 bits per heavy atom. The van der Waals surface area contributed by atoms with E-state index in [2.05, 4.69) is 127 Å². The third-order valence-electron chi connectivity index (χ3n) is 16.5. The molecule has 5 nitrogen and oxygen atoms in total. The largest absolute Gasteiger partial charge is 0.457 e. The van der Waals surface area contributed by atoms with Crippen molar-refractivity contribution in [3.8, 4) is 67.1 Å². The van der Waals surface area contributed by atoms with Crippen LogP contribution in [0.5, 0.6) is 11.5 Å². The number of nitrogens with one attached hydrogen (secondary N) is 1. The topological polar surface area (TPSA) is 40.6 Å². The maximum absolute atomic E-state index is 9.71. The van der Waals surface area contributed by atoms with Crippen LogP contribution in [0.15, 0.2) is 218 Å². The maximum Gasteiger partial charge on any atom is 0.130 e. The van der Waals surface area contributed by atoms with Crippen LogP contribution in [-0.4, -0.2) is 11.7 Å². The van der Waals surface area contributed by atoms with Gasteiger partial charge in [0.1, 0.15) is 24.0 Å². The van der Waals surface area contributed by atoms with E-state index in [4.69, 9.17) is 17.9 Å². The van der Waals surface area contributed by atoms with Crippen molar-refractivity contribution in [1.82, 2.24) is 4.98 Å². The molecule has 0 spiro atoms. The molecule has 0 bridgehead atoms. The van der Waals surface area contributed by atoms with Crippen molar-refractivity contribution in [3.63, 3.8) is 0 Å². The molecular formula is C77H76N4O. The molecule has 0 saturated carbocycles. The number of pyridine rings is 1. The third-order valence-corrected chi connectivity index (χ3v) is 16.5. The Balaban J connectivity index is 0.897. The van der Waals surface area contributed by atoms with Gasteiger partial charge < -0.3 is 19.9 Å². The van der Waals surface area contributed by atoms with Crippen LogP contribution >= 0.6 is 0 Å². The van der Waals surface area contributed by atoms with Gasteiger partial charge >= 0.3 is 0 Å². The Bertz CT molecular complexity index is 4540. The number of ether oxygens (including phenoxy) is 1. The number of aryl methyl sites for hydroxylation is 1. The Morgan fingerprint density at radius 1 is 0.512 bits per heavy atom. The molecule has 0 fully saturated rings. The van der Waals surface area contributed by atoms with Gasteiger partial charge in [-0.2, -0.15) is 0 Å². The monoisotopic (exact) mass is 1080 g/mol. The first-order chi connectivity index (χ1) is 43.8. The Labute approximate surface area is 502 Å². The predicted molar refractivity (Wildman–Crippen MR) is 347 cm³/mol. The highest BCUT2D eigenvalue weighted by Crippen LogP contribution is 2.53. The van der Waals surface area contributed by atoms with Crippen LogP contribution < -0.4 is 19.9 Å². The molecule has 82 heavy (non-hydrogen) atoms. The summed E-state index contributed by atoms with van der Waals surface area (Å²) >= 11 is 0. The number of para-hydroxylation sites is 4. The summed E-state index contributed by atoms with van der Waals surface area (Å²) in [5, 5.41) is 3.15. The third kappa shape index (κ3) is 10.5. The van der Waals surface area contributed by atoms with Gasteiger partial charge in [-0.25, -0.2) is 4.98 Å². The van der Waals surface area contributed by atoms with Crippen molar-refractivity contribution in [2.75, 3.05) is 21.8 Å². The average molecular weight is 1080 g/mol. The summed E-state index contributed by atoms with van der Waals surface area (Å²) in [5.74, 6) is 1.07. The van der Waals surface area contributed by atoms with Crippen molar-refractivity contribution in [1.29, 1.82) is 0 Å². The fraction of sp³-hybridized carbons (Fsp3) is 0.234. The van der Waals surface area contributed by atoms with Crippen LogP contribution in [0.2, 0.25) is 0 Å². The molecule has 0 radical (unpaired) electrons. The number of nitrogens with zero attached hydrogens (tertiary/aromatic N) is 3. The van der Waals surface area contributed by atoms with E-state index in [1.54, 1.807) is 30.5 Å². The number of hydrogen-bond donors (Lipinski definition) is 1. The van der Waals surface area contributed by atoms with E-state index < -0.39 is 18.9 Å². The molecule has 2 aliphatic rings. The second-order valence-corrected chi connectivity index (χ2v) is 25.2. The molecule has 1 aromatic heterocycles. The van der Waals surface area contributed by atoms with Gasteiger partial charge in [0.25, 0.3) is 0 Å². The van der Waals surface area contributed by atoms with Crippen LogP contribution in [0.4, 0.5) is 34.3 Å². The highest BCUT2D eigenvalue weighted by Gasteiger charge is 2.39. The second-order valence-electron chi connectivity index (χ2n) is 25.2. The fourth-order valence-electron chi connectivity index (χ4n) is 11.7. The summed E-state index contributed by atoms with van der Waals surface area (Å²) in [4.78, 5) is 9.15. The van der Waals surface area contributed by atoms with Crippen LogP contribution in [0.1, 0.15) is 125 Å². The number of fused-ring (bicyclic) bond motifs is 2. The van der Waals surface area contributed by atoms with Crippen molar-refractivity contribution in [2.24, 2.45) is 0 Å². The number of hydrogen-bond acceptors (Lipinski definition) is 5. The Morgan fingerprint density at radius 2 is 1.13 bits per heavy atom. The van der Waals surface area contributed by atoms with Gasteiger partial charge in [-0.05, 0) is 151 Å². The number of rotatable bonds is 11. The van der Waals surface area contributed by atoms with Crippen molar-refractivity contribution in [3.05, 3.63) is 246 Å². The average Bonchev–Trinajstić information content (AvgIpc) is 1.66. The highest BCUT2D eigenvalue weighted by molar-refractivity contribution is 5.99. The first kappa shape index (κ1) is 42.2. The zero-order valence-electron chi connectivity index (χ0n) is 59.5. The standard InChI is InChI=1S/C77H76N4O/c1-51-44-71(78-49-66(51)65-29-21-30-67-72(65)77(10,11)43-42-76(67,8)9)79-68-31-16-15-26-62(68)54-38-40-60(41-39-54)82-61-25-19-24-59(48-61)80-50-81(70-33-18-17-32-69(70)80)73-63(55-36-34-53(35-37-55)52-22-13-12-14-23-52)27-20-28-64(73)56-45-57(74(2,3)4)47-58(46-56)75(5,6)7/h12-41,44-49H,42-43,50H2,1-11H3,(H,78,79)/i1D3,15D,16D,26D,31D,34D,35D,36D,37D. The molecule has 10 aromatic rings. The van der Waals surface area contributed by atoms with Crippen LogP contribution in [-0.2, 0) is 21.7 Å². The van der Waals surface area contributed by atoms with Crippen LogP contribution in [0.25, 0.3) is 55.6 Å². The first-order valence-corrected chi connectivity index (χ1v) is 28.3. The molecule has 1 aliphatic carbocycles. The predicted octanol–water partition coefficient (Wildman–Crippen LogP) is 21.5. The SMILES string of the molecule is [2H]c1c([2H])c([2H])c(-c2ccc(Oc3cccc(N4CN(c5c(-c6cc(C(C)(C)C)cc(C(C)(C)C)c6)cccc5-c5c([2H])c([2H])c(-c6ccccc6)c([2H])c5[2H])c5ccccc54)c3)cc2)c(Nc2cc(C([2H])([2H])[2H])c(-c3cccc4c3C(C)(C)CCC4(C)C)cn2)c1[2H]. The summed E-state index contributed by atoms with van der Waals surface area (Å²) in [6, 6.07) is 50.1. The van der Waals surface area contributed by atoms with Gasteiger partial charge in [0.15, 0.2) is 0 Å². The van der Waals surface area contributed by atoms with Crippen molar-refractivity contribution < 1.29 is 19.8 Å². The number of benzene rings is 9. The summed E-state index contributed by atoms with van der Waals surface area (Å²) in [6.07, 6.45) is 3.48. The lowest BCUT2D eigenvalue weighted by Crippen LogP contribution is -2.34. The molecule has 1 N–H and O–H groups in total. The molecule has 12 rings (SSSR count). The minimum atomic E-state index is -2.56. The van der Waals surface area contributed by atoms with Gasteiger partial charge in [0.05, 0.1) is 28.0 Å². The molecule has 9 aromatic carbocycles. The molecule has 0 saturated heterocycles. The van der Waals surface area contributed by atoms with Gasteiger partial charge in [0.2, 0.25) is 0 Å². The quantitative estimate of drug-likeness (QED) is 0.140. The molecular weight excluding hydrogens is 997 g/mol. The van der Waals surface area contributed by atoms with E-state index in [1.165, 1.54) is 11.6 Å². The lowest BCUT2D eigenvalue weighted by Gasteiger charge is -2.43. The maximum atomic E-state index is 9.71. The van der Waals surface area contributed by atoms with Crippen molar-refractivity contribution in [2.45, 2.75) is 111 Å². The van der Waals surface area contributed by atoms with E-state index in [1.807, 2.05) is 91.0 Å². The molecule has 1 aliphatic heterocycles. The first-order valence-electron chi connectivity index (χ1n) is 33.8. The molecule has 2 heterocycles. The second kappa shape index (κ2) is 21.0. The number of anilines is 6. The van der Waals surface area contributed by atoms with Crippen molar-refractivity contribution >= 4 is 34.3 Å². The Hall–Kier alpha value is -8.67. The van der Waals surface area contributed by atoms with Crippen LogP contribution in [0.3, 0.4) is 0 Å². The highest BCUT2D eigenvalue weighted by atomic mass is 16.5. The van der Waals surface area contributed by atoms with E-state index in [-0.39, 0.29) is 91.7 Å². The molecule has 0 unspecified atom stereocenters. The molecule has 0 amide bonds. The summed E-state index contributed by atoms with van der Waals surface area (Å²) in [5.41, 5.74) is 12.5. The van der Waals surface area contributed by atoms with Gasteiger partial charge in [-0.15, -0.1) is 0 Å². The van der Waals surface area contributed by atoms with E-state index in [0.29, 0.717) is 40.4 Å². The Kier molecular flexibility index (Phi) is 10.8. The normalized spacial score (nSPS) is 16.6. The lowest BCUT2D eigenvalue weighted by molar-refractivity contribution is 0.333. The fourth-order valence-corrected chi connectivity index (χ4v) is 11.7. The van der Waals surface area contributed by atoms with E-state index in [9.17, 15) is 6.85 Å². The van der Waals surface area contributed by atoms with Crippen LogP contribution in [0, 0.1) is 6.85 Å². The number of aromatic nitrogens is 1. The van der Waals surface area contributed by atoms with E-state index in [0.717, 1.165) is 69.0 Å². The van der Waals surface area contributed by atoms with Gasteiger partial charge in [0, 0.05) is 50.0 Å². The van der Waals surface area contributed by atoms with Gasteiger partial charge in [-0.3, -0.25) is 0 Å². The minimum Gasteiger partial charge on any atom is -0.457 e. The lowest BCUT2D eigenvalue weighted by atomic mass is 9.61. The minimum absolute atomic E-state index is 0.0327. The van der Waals surface area contributed by atoms with Gasteiger partial charge in [-0.1, -0.05) is 227 Å². The molecule has 410 valence electrons. The molecule has 0 atom stereocenters. The summed E-state index contributed by atoms with van der Waals surface area (Å²) in [7, 11) is 0. The smallest absolute Gasteiger partial charge is 0.130 e. The zero-order valence-corrected chi connectivity index (χ0v) is 48.5. The summed E-state index contributed by atoms with van der Waals surface area (Å²) < 4.78 is 107. The molecule has 5 heteroatoms. The zero-order chi connectivity index (χ0) is 66.6. The van der Waals surface area contributed by atoms with E-state index >= 15 is 0 Å².